The Labute approximate surface area is 85.0 Å². The molecule has 3 heteroatoms. The highest BCUT2D eigenvalue weighted by molar-refractivity contribution is 4.93. The zero-order valence-electron chi connectivity index (χ0n) is 8.24. The molecule has 1 N–H and O–H groups in total. The van der Waals surface area contributed by atoms with Gasteiger partial charge in [0.2, 0.25) is 0 Å². The first-order chi connectivity index (χ1) is 6.93. The van der Waals surface area contributed by atoms with Gasteiger partial charge in [-0.05, 0) is 19.4 Å². The Kier molecular flexibility index (Phi) is 5.38. The summed E-state index contributed by atoms with van der Waals surface area (Å²) in [7, 11) is 0. The van der Waals surface area contributed by atoms with Crippen LogP contribution in [0.3, 0.4) is 0 Å². The van der Waals surface area contributed by atoms with Crippen molar-refractivity contribution in [2.45, 2.75) is 25.8 Å². The first kappa shape index (κ1) is 10.7. The van der Waals surface area contributed by atoms with Gasteiger partial charge < -0.3 is 5.32 Å². The maximum absolute atomic E-state index is 5.15. The van der Waals surface area contributed by atoms with Crippen molar-refractivity contribution in [3.8, 4) is 12.3 Å². The maximum atomic E-state index is 5.15. The van der Waals surface area contributed by atoms with Gasteiger partial charge in [0.15, 0.2) is 0 Å². The molecule has 0 aromatic carbocycles. The molecule has 0 saturated carbocycles. The molecule has 1 rings (SSSR count). The van der Waals surface area contributed by atoms with E-state index in [0.29, 0.717) is 0 Å². The number of terminal acetylenes is 1. The number of unbranched alkanes of at least 4 members (excludes halogenated alkanes) is 2. The summed E-state index contributed by atoms with van der Waals surface area (Å²) in [5.74, 6) is 2.63. The van der Waals surface area contributed by atoms with Gasteiger partial charge in [-0.25, -0.2) is 0 Å². The second kappa shape index (κ2) is 7.05. The Morgan fingerprint density at radius 2 is 2.29 bits per heavy atom. The molecule has 0 fully saturated rings. The molecule has 0 amide bonds. The van der Waals surface area contributed by atoms with E-state index in [-0.39, 0.29) is 0 Å². The monoisotopic (exact) mass is 189 g/mol. The number of hydrogen-bond donors (Lipinski definition) is 1. The third kappa shape index (κ3) is 4.58. The number of hydrogen-bond acceptors (Lipinski definition) is 3. The van der Waals surface area contributed by atoms with Crippen molar-refractivity contribution in [2.75, 3.05) is 6.54 Å². The van der Waals surface area contributed by atoms with Crippen molar-refractivity contribution in [1.82, 2.24) is 15.3 Å². The third-order valence-electron chi connectivity index (χ3n) is 1.85. The summed E-state index contributed by atoms with van der Waals surface area (Å²) in [6.45, 7) is 1.77. The highest BCUT2D eigenvalue weighted by atomic mass is 14.9. The van der Waals surface area contributed by atoms with Crippen molar-refractivity contribution in [1.29, 1.82) is 0 Å². The molecule has 3 nitrogen and oxygen atoms in total. The molecule has 0 aliphatic heterocycles. The van der Waals surface area contributed by atoms with Crippen LogP contribution in [0.25, 0.3) is 0 Å². The predicted octanol–water partition coefficient (Wildman–Crippen LogP) is 1.37. The molecule has 0 spiro atoms. The molecular weight excluding hydrogens is 174 g/mol. The molecule has 0 unspecified atom stereocenters. The Morgan fingerprint density at radius 3 is 3.00 bits per heavy atom. The summed E-state index contributed by atoms with van der Waals surface area (Å²) in [4.78, 5) is 8.14. The van der Waals surface area contributed by atoms with Crippen LogP contribution < -0.4 is 5.32 Å². The van der Waals surface area contributed by atoms with Crippen molar-refractivity contribution in [2.24, 2.45) is 0 Å². The van der Waals surface area contributed by atoms with E-state index in [2.05, 4.69) is 21.2 Å². The number of aromatic nitrogens is 2. The molecule has 0 bridgehead atoms. The van der Waals surface area contributed by atoms with Gasteiger partial charge in [-0.2, -0.15) is 0 Å². The summed E-state index contributed by atoms with van der Waals surface area (Å²) in [5, 5.41) is 3.29. The number of rotatable bonds is 6. The minimum Gasteiger partial charge on any atom is -0.311 e. The highest BCUT2D eigenvalue weighted by Gasteiger charge is 1.92. The van der Waals surface area contributed by atoms with Gasteiger partial charge >= 0.3 is 0 Å². The molecular formula is C11H15N3. The normalized spacial score (nSPS) is 9.64. The molecule has 1 aromatic rings. The van der Waals surface area contributed by atoms with Gasteiger partial charge in [0.25, 0.3) is 0 Å². The lowest BCUT2D eigenvalue weighted by molar-refractivity contribution is 0.621. The van der Waals surface area contributed by atoms with Crippen molar-refractivity contribution >= 4 is 0 Å². The van der Waals surface area contributed by atoms with E-state index in [1.165, 1.54) is 0 Å². The van der Waals surface area contributed by atoms with E-state index in [4.69, 9.17) is 6.42 Å². The number of nitrogens with zero attached hydrogens (tertiary/aromatic N) is 2. The Bertz CT molecular complexity index is 276. The van der Waals surface area contributed by atoms with E-state index in [1.54, 1.807) is 18.6 Å². The van der Waals surface area contributed by atoms with Crippen molar-refractivity contribution < 1.29 is 0 Å². The molecule has 0 radical (unpaired) electrons. The van der Waals surface area contributed by atoms with Crippen LogP contribution in [0.2, 0.25) is 0 Å². The highest BCUT2D eigenvalue weighted by Crippen LogP contribution is 1.93. The van der Waals surface area contributed by atoms with Crippen LogP contribution in [-0.4, -0.2) is 16.5 Å². The summed E-state index contributed by atoms with van der Waals surface area (Å²) in [5.41, 5.74) is 0.976. The Balaban J connectivity index is 2.03. The van der Waals surface area contributed by atoms with Gasteiger partial charge in [-0.15, -0.1) is 12.3 Å². The molecule has 74 valence electrons. The Morgan fingerprint density at radius 1 is 1.36 bits per heavy atom. The standard InChI is InChI=1S/C11H15N3/c1-2-3-4-5-6-12-9-11-10-13-7-8-14-11/h1,7-8,10,12H,3-6,9H2. The fourth-order valence-electron chi connectivity index (χ4n) is 1.11. The molecule has 0 aliphatic rings. The van der Waals surface area contributed by atoms with Crippen LogP contribution in [-0.2, 0) is 6.54 Å². The predicted molar refractivity (Wildman–Crippen MR) is 56.4 cm³/mol. The summed E-state index contributed by atoms with van der Waals surface area (Å²) < 4.78 is 0. The second-order valence-corrected chi connectivity index (χ2v) is 3.03. The molecule has 0 saturated heterocycles. The quantitative estimate of drug-likeness (QED) is 0.542. The van der Waals surface area contributed by atoms with Gasteiger partial charge in [0.05, 0.1) is 5.69 Å². The average molecular weight is 189 g/mol. The second-order valence-electron chi connectivity index (χ2n) is 3.03. The van der Waals surface area contributed by atoms with Crippen LogP contribution in [0.4, 0.5) is 0 Å². The van der Waals surface area contributed by atoms with E-state index >= 15 is 0 Å². The van der Waals surface area contributed by atoms with E-state index in [9.17, 15) is 0 Å². The van der Waals surface area contributed by atoms with E-state index in [1.807, 2.05) is 0 Å². The Hall–Kier alpha value is -1.40. The lowest BCUT2D eigenvalue weighted by Gasteiger charge is -2.02. The largest absolute Gasteiger partial charge is 0.311 e. The molecule has 0 aliphatic carbocycles. The van der Waals surface area contributed by atoms with E-state index < -0.39 is 0 Å². The van der Waals surface area contributed by atoms with Crippen LogP contribution >= 0.6 is 0 Å². The average Bonchev–Trinajstić information content (AvgIpc) is 2.25. The molecule has 14 heavy (non-hydrogen) atoms. The van der Waals surface area contributed by atoms with Gasteiger partial charge in [-0.3, -0.25) is 9.97 Å². The fourth-order valence-corrected chi connectivity index (χ4v) is 1.11. The zero-order chi connectivity index (χ0) is 10.1. The van der Waals surface area contributed by atoms with Gasteiger partial charge in [0.1, 0.15) is 0 Å². The fraction of sp³-hybridized carbons (Fsp3) is 0.455. The first-order valence-corrected chi connectivity index (χ1v) is 4.82. The third-order valence-corrected chi connectivity index (χ3v) is 1.85. The summed E-state index contributed by atoms with van der Waals surface area (Å²) in [6.07, 6.45) is 13.4. The molecule has 1 heterocycles. The van der Waals surface area contributed by atoms with Gasteiger partial charge in [0, 0.05) is 31.6 Å². The minimum atomic E-state index is 0.782. The van der Waals surface area contributed by atoms with Crippen molar-refractivity contribution in [3.05, 3.63) is 24.3 Å². The van der Waals surface area contributed by atoms with Crippen molar-refractivity contribution in [3.63, 3.8) is 0 Å². The lowest BCUT2D eigenvalue weighted by Crippen LogP contribution is -2.15. The smallest absolute Gasteiger partial charge is 0.0724 e. The van der Waals surface area contributed by atoms with Crippen LogP contribution in [0.5, 0.6) is 0 Å². The summed E-state index contributed by atoms with van der Waals surface area (Å²) >= 11 is 0. The van der Waals surface area contributed by atoms with Crippen LogP contribution in [0, 0.1) is 12.3 Å². The maximum Gasteiger partial charge on any atom is 0.0724 e. The van der Waals surface area contributed by atoms with Crippen LogP contribution in [0.1, 0.15) is 25.0 Å². The van der Waals surface area contributed by atoms with Crippen LogP contribution in [0.15, 0.2) is 18.6 Å². The molecule has 1 aromatic heterocycles. The van der Waals surface area contributed by atoms with Gasteiger partial charge in [-0.1, -0.05) is 0 Å². The minimum absolute atomic E-state index is 0.782. The SMILES string of the molecule is C#CCCCCNCc1cnccn1. The first-order valence-electron chi connectivity index (χ1n) is 4.82. The summed E-state index contributed by atoms with van der Waals surface area (Å²) in [6, 6.07) is 0. The number of nitrogens with one attached hydrogen (secondary N) is 1. The molecule has 0 atom stereocenters. The zero-order valence-corrected chi connectivity index (χ0v) is 8.24. The van der Waals surface area contributed by atoms with E-state index in [0.717, 1.165) is 38.0 Å². The lowest BCUT2D eigenvalue weighted by atomic mass is 10.2. The topological polar surface area (TPSA) is 37.8 Å².